The van der Waals surface area contributed by atoms with Crippen molar-refractivity contribution >= 4 is 22.8 Å². The topological polar surface area (TPSA) is 90.9 Å². The average molecular weight is 330 g/mol. The third-order valence-electron chi connectivity index (χ3n) is 3.33. The Bertz CT molecular complexity index is 712. The van der Waals surface area contributed by atoms with Crippen molar-refractivity contribution in [1.82, 2.24) is 15.0 Å². The molecule has 0 spiro atoms. The molecule has 1 unspecified atom stereocenters. The van der Waals surface area contributed by atoms with Gasteiger partial charge in [-0.15, -0.1) is 0 Å². The first-order valence-electron chi connectivity index (χ1n) is 7.16. The summed E-state index contributed by atoms with van der Waals surface area (Å²) >= 11 is 0. The van der Waals surface area contributed by atoms with Crippen LogP contribution in [-0.4, -0.2) is 32.1 Å². The number of fused-ring (bicyclic) bond motifs is 1. The number of carboxylic acids is 1. The molecule has 0 aliphatic carbocycles. The summed E-state index contributed by atoms with van der Waals surface area (Å²) in [6.07, 6.45) is -3.01. The highest BCUT2D eigenvalue weighted by atomic mass is 19.4. The molecule has 9 heteroatoms. The van der Waals surface area contributed by atoms with Crippen LogP contribution in [0.2, 0.25) is 0 Å². The van der Waals surface area contributed by atoms with Crippen LogP contribution < -0.4 is 5.32 Å². The van der Waals surface area contributed by atoms with Gasteiger partial charge in [0.05, 0.1) is 5.39 Å². The first-order chi connectivity index (χ1) is 10.7. The molecule has 23 heavy (non-hydrogen) atoms. The van der Waals surface area contributed by atoms with E-state index in [0.29, 0.717) is 23.9 Å². The number of rotatable bonds is 6. The number of carbonyl (C=O) groups is 1. The zero-order valence-corrected chi connectivity index (χ0v) is 12.7. The van der Waals surface area contributed by atoms with Gasteiger partial charge in [0.25, 0.3) is 0 Å². The van der Waals surface area contributed by atoms with Crippen LogP contribution in [0.1, 0.15) is 37.7 Å². The summed E-state index contributed by atoms with van der Waals surface area (Å²) in [4.78, 5) is 21.0. The van der Waals surface area contributed by atoms with Gasteiger partial charge in [-0.25, -0.2) is 14.8 Å². The summed E-state index contributed by atoms with van der Waals surface area (Å²) in [5, 5.41) is 12.2. The second-order valence-corrected chi connectivity index (χ2v) is 5.29. The molecule has 2 heterocycles. The lowest BCUT2D eigenvalue weighted by Gasteiger charge is -2.16. The zero-order chi connectivity index (χ0) is 17.2. The zero-order valence-electron chi connectivity index (χ0n) is 12.7. The van der Waals surface area contributed by atoms with E-state index in [2.05, 4.69) is 20.3 Å². The number of aromatic nitrogens is 3. The normalized spacial score (nSPS) is 13.3. The van der Waals surface area contributed by atoms with Crippen LogP contribution in [0.15, 0.2) is 6.07 Å². The van der Waals surface area contributed by atoms with E-state index in [1.165, 1.54) is 0 Å². The molecule has 0 saturated heterocycles. The first kappa shape index (κ1) is 17.0. The third kappa shape index (κ3) is 3.91. The highest BCUT2D eigenvalue weighted by Gasteiger charge is 2.36. The Morgan fingerprint density at radius 3 is 2.70 bits per heavy atom. The lowest BCUT2D eigenvalue weighted by molar-refractivity contribution is -0.144. The van der Waals surface area contributed by atoms with Crippen LogP contribution in [0.3, 0.4) is 0 Å². The van der Waals surface area contributed by atoms with E-state index in [4.69, 9.17) is 0 Å². The summed E-state index contributed by atoms with van der Waals surface area (Å²) in [5.74, 6) is -2.57. The molecule has 0 fully saturated rings. The fourth-order valence-corrected chi connectivity index (χ4v) is 2.21. The van der Waals surface area contributed by atoms with E-state index in [-0.39, 0.29) is 11.5 Å². The highest BCUT2D eigenvalue weighted by Crippen LogP contribution is 2.31. The maximum absolute atomic E-state index is 12.9. The maximum Gasteiger partial charge on any atom is 0.451 e. The van der Waals surface area contributed by atoms with E-state index < -0.39 is 24.0 Å². The van der Waals surface area contributed by atoms with Gasteiger partial charge < -0.3 is 15.4 Å². The van der Waals surface area contributed by atoms with Crippen LogP contribution >= 0.6 is 0 Å². The fourth-order valence-electron chi connectivity index (χ4n) is 2.21. The van der Waals surface area contributed by atoms with Gasteiger partial charge in [-0.1, -0.05) is 19.8 Å². The Balaban J connectivity index is 2.46. The Hall–Kier alpha value is -2.32. The third-order valence-corrected chi connectivity index (χ3v) is 3.33. The Kier molecular flexibility index (Phi) is 4.76. The summed E-state index contributed by atoms with van der Waals surface area (Å²) in [5.41, 5.74) is 0.629. The second kappa shape index (κ2) is 6.43. The van der Waals surface area contributed by atoms with Gasteiger partial charge in [0, 0.05) is 5.69 Å². The van der Waals surface area contributed by atoms with Gasteiger partial charge in [-0.2, -0.15) is 13.2 Å². The number of aliphatic carboxylic acids is 1. The molecule has 0 bridgehead atoms. The highest BCUT2D eigenvalue weighted by molar-refractivity contribution is 5.90. The maximum atomic E-state index is 12.9. The summed E-state index contributed by atoms with van der Waals surface area (Å²) in [7, 11) is 0. The van der Waals surface area contributed by atoms with Crippen LogP contribution in [0.25, 0.3) is 11.0 Å². The number of halogens is 3. The molecule has 1 atom stereocenters. The fraction of sp³-hybridized carbons (Fsp3) is 0.500. The van der Waals surface area contributed by atoms with Gasteiger partial charge in [-0.05, 0) is 19.4 Å². The minimum atomic E-state index is -4.72. The number of hydrogen-bond donors (Lipinski definition) is 3. The van der Waals surface area contributed by atoms with E-state index in [9.17, 15) is 23.1 Å². The van der Waals surface area contributed by atoms with E-state index >= 15 is 0 Å². The lowest BCUT2D eigenvalue weighted by atomic mass is 10.1. The molecule has 0 aliphatic rings. The Morgan fingerprint density at radius 2 is 2.13 bits per heavy atom. The van der Waals surface area contributed by atoms with Crippen molar-refractivity contribution in [2.45, 2.75) is 45.3 Å². The minimum absolute atomic E-state index is 0.0203. The van der Waals surface area contributed by atoms with Crippen LogP contribution in [0.4, 0.5) is 19.0 Å². The van der Waals surface area contributed by atoms with Crippen molar-refractivity contribution in [1.29, 1.82) is 0 Å². The molecule has 126 valence electrons. The number of nitrogens with zero attached hydrogens (tertiary/aromatic N) is 2. The van der Waals surface area contributed by atoms with Gasteiger partial charge in [0.1, 0.15) is 17.5 Å². The van der Waals surface area contributed by atoms with Gasteiger partial charge in [-0.3, -0.25) is 0 Å². The second-order valence-electron chi connectivity index (χ2n) is 5.29. The molecule has 0 saturated carbocycles. The molecular weight excluding hydrogens is 313 g/mol. The van der Waals surface area contributed by atoms with Gasteiger partial charge in [0.15, 0.2) is 0 Å². The lowest BCUT2D eigenvalue weighted by Crippen LogP contribution is -2.30. The number of hydrogen-bond acceptors (Lipinski definition) is 4. The quantitative estimate of drug-likeness (QED) is 0.755. The van der Waals surface area contributed by atoms with Crippen molar-refractivity contribution in [2.24, 2.45) is 0 Å². The van der Waals surface area contributed by atoms with Gasteiger partial charge in [0.2, 0.25) is 5.82 Å². The summed E-state index contributed by atoms with van der Waals surface area (Å²) < 4.78 is 38.8. The van der Waals surface area contributed by atoms with E-state index in [0.717, 1.165) is 6.42 Å². The smallest absolute Gasteiger partial charge is 0.451 e. The van der Waals surface area contributed by atoms with Crippen molar-refractivity contribution < 1.29 is 23.1 Å². The number of aromatic amines is 1. The Labute approximate surface area is 130 Å². The predicted octanol–water partition coefficient (Wildman–Crippen LogP) is 3.34. The molecule has 0 aromatic carbocycles. The number of unbranched alkanes of at least 4 members (excludes halogenated alkanes) is 1. The van der Waals surface area contributed by atoms with E-state index in [1.54, 1.807) is 13.0 Å². The molecule has 2 aromatic heterocycles. The van der Waals surface area contributed by atoms with E-state index in [1.807, 2.05) is 6.92 Å². The standard InChI is InChI=1S/C14H17F3N4O2/c1-3-4-5-9(12(22)23)19-11-8-6-7(2)18-10(8)20-13(21-11)14(15,16)17/h6,9H,3-5H2,1-2H3,(H,22,23)(H2,18,19,20,21). The molecule has 2 aromatic rings. The first-order valence-corrected chi connectivity index (χ1v) is 7.16. The molecule has 6 nitrogen and oxygen atoms in total. The van der Waals surface area contributed by atoms with Gasteiger partial charge >= 0.3 is 12.1 Å². The van der Waals surface area contributed by atoms with Crippen LogP contribution in [0, 0.1) is 6.92 Å². The van der Waals surface area contributed by atoms with Crippen molar-refractivity contribution in [2.75, 3.05) is 5.32 Å². The Morgan fingerprint density at radius 1 is 1.43 bits per heavy atom. The number of anilines is 1. The van der Waals surface area contributed by atoms with Crippen molar-refractivity contribution in [3.05, 3.63) is 17.6 Å². The summed E-state index contributed by atoms with van der Waals surface area (Å²) in [6, 6.07) is 0.570. The van der Waals surface area contributed by atoms with Crippen molar-refractivity contribution in [3.8, 4) is 0 Å². The van der Waals surface area contributed by atoms with Crippen LogP contribution in [0.5, 0.6) is 0 Å². The average Bonchev–Trinajstić information content (AvgIpc) is 2.82. The molecular formula is C14H17F3N4O2. The minimum Gasteiger partial charge on any atom is -0.480 e. The number of nitrogens with one attached hydrogen (secondary N) is 2. The molecule has 0 aliphatic heterocycles. The largest absolute Gasteiger partial charge is 0.480 e. The van der Waals surface area contributed by atoms with Crippen molar-refractivity contribution in [3.63, 3.8) is 0 Å². The molecule has 3 N–H and O–H groups in total. The molecule has 0 radical (unpaired) electrons. The molecule has 2 rings (SSSR count). The number of aryl methyl sites for hydroxylation is 1. The number of alkyl halides is 3. The van der Waals surface area contributed by atoms with Crippen LogP contribution in [-0.2, 0) is 11.0 Å². The monoisotopic (exact) mass is 330 g/mol. The number of carboxylic acid groups (broad SMARTS) is 1. The summed E-state index contributed by atoms with van der Waals surface area (Å²) in [6.45, 7) is 3.57. The SMILES string of the molecule is CCCCC(Nc1nc(C(F)(F)F)nc2[nH]c(C)cc12)C(=O)O. The predicted molar refractivity (Wildman–Crippen MR) is 78.2 cm³/mol. The molecule has 0 amide bonds. The number of H-pyrrole nitrogens is 1.